The van der Waals surface area contributed by atoms with Gasteiger partial charge in [0, 0.05) is 0 Å². The lowest BCUT2D eigenvalue weighted by atomic mass is 10.2. The van der Waals surface area contributed by atoms with Crippen molar-refractivity contribution < 1.29 is 21.6 Å². The topological polar surface area (TPSA) is 34.1 Å². The van der Waals surface area contributed by atoms with E-state index in [1.165, 1.54) is 0 Å². The maximum atomic E-state index is 12.4. The Morgan fingerprint density at radius 2 is 1.88 bits per heavy atom. The first kappa shape index (κ1) is 13.8. The molecule has 2 nitrogen and oxygen atoms in total. The van der Waals surface area contributed by atoms with Crippen molar-refractivity contribution in [2.75, 3.05) is 4.66 Å². The Labute approximate surface area is 103 Å². The van der Waals surface area contributed by atoms with Crippen LogP contribution in [0.4, 0.5) is 13.2 Å². The van der Waals surface area contributed by atoms with Crippen LogP contribution in [0.2, 0.25) is 5.02 Å². The summed E-state index contributed by atoms with van der Waals surface area (Å²) in [5, 5.41) is -0.527. The lowest BCUT2D eigenvalue weighted by Gasteiger charge is -2.10. The molecule has 0 saturated heterocycles. The highest BCUT2D eigenvalue weighted by Crippen LogP contribution is 2.36. The van der Waals surface area contributed by atoms with Crippen molar-refractivity contribution in [3.05, 3.63) is 28.8 Å². The predicted molar refractivity (Wildman–Crippen MR) is 57.4 cm³/mol. The maximum Gasteiger partial charge on any atom is 0.417 e. The van der Waals surface area contributed by atoms with Crippen molar-refractivity contribution >= 4 is 37.4 Å². The summed E-state index contributed by atoms with van der Waals surface area (Å²) in [5.74, 6) is 0. The molecule has 90 valence electrons. The number of sulfone groups is 1. The smallest absolute Gasteiger partial charge is 0.223 e. The molecule has 1 aromatic rings. The van der Waals surface area contributed by atoms with Gasteiger partial charge in [-0.05, 0) is 18.2 Å². The van der Waals surface area contributed by atoms with Crippen molar-refractivity contribution in [2.45, 2.75) is 11.1 Å². The van der Waals surface area contributed by atoms with E-state index in [2.05, 4.69) is 15.9 Å². The third-order valence-corrected chi connectivity index (χ3v) is 5.14. The first-order chi connectivity index (χ1) is 7.18. The van der Waals surface area contributed by atoms with E-state index in [4.69, 9.17) is 11.6 Å². The summed E-state index contributed by atoms with van der Waals surface area (Å²) in [6.07, 6.45) is -4.67. The van der Waals surface area contributed by atoms with Crippen LogP contribution in [0.25, 0.3) is 0 Å². The predicted octanol–water partition coefficient (Wildman–Crippen LogP) is 3.48. The number of rotatable bonds is 2. The molecule has 0 fully saturated rings. The molecule has 0 aliphatic carbocycles. The summed E-state index contributed by atoms with van der Waals surface area (Å²) in [6, 6.07) is 2.48. The molecule has 0 aromatic heterocycles. The van der Waals surface area contributed by atoms with Gasteiger partial charge in [0.2, 0.25) is 0 Å². The van der Waals surface area contributed by atoms with E-state index >= 15 is 0 Å². The fourth-order valence-corrected chi connectivity index (χ4v) is 2.69. The third kappa shape index (κ3) is 2.89. The van der Waals surface area contributed by atoms with Crippen LogP contribution in [-0.4, -0.2) is 13.1 Å². The summed E-state index contributed by atoms with van der Waals surface area (Å²) in [7, 11) is -3.74. The van der Waals surface area contributed by atoms with E-state index in [0.717, 1.165) is 12.1 Å². The van der Waals surface area contributed by atoms with Gasteiger partial charge in [-0.1, -0.05) is 27.5 Å². The maximum absolute atomic E-state index is 12.4. The minimum absolute atomic E-state index is 0.416. The fraction of sp³-hybridized carbons (Fsp3) is 0.250. The van der Waals surface area contributed by atoms with E-state index in [9.17, 15) is 21.6 Å². The number of hydrogen-bond donors (Lipinski definition) is 0. The Morgan fingerprint density at radius 3 is 2.31 bits per heavy atom. The first-order valence-electron chi connectivity index (χ1n) is 3.84. The van der Waals surface area contributed by atoms with E-state index in [-0.39, 0.29) is 0 Å². The molecule has 0 amide bonds. The van der Waals surface area contributed by atoms with E-state index in [1.54, 1.807) is 0 Å². The van der Waals surface area contributed by atoms with E-state index in [1.807, 2.05) is 0 Å². The molecule has 8 heteroatoms. The molecule has 0 radical (unpaired) electrons. The number of alkyl halides is 4. The second-order valence-corrected chi connectivity index (χ2v) is 6.56. The summed E-state index contributed by atoms with van der Waals surface area (Å²) in [4.78, 5) is -0.416. The zero-order chi connectivity index (χ0) is 12.6. The number of benzene rings is 1. The van der Waals surface area contributed by atoms with Crippen molar-refractivity contribution in [1.82, 2.24) is 0 Å². The Morgan fingerprint density at radius 1 is 1.31 bits per heavy atom. The van der Waals surface area contributed by atoms with Crippen LogP contribution in [0.3, 0.4) is 0 Å². The van der Waals surface area contributed by atoms with Gasteiger partial charge in [0.25, 0.3) is 0 Å². The summed E-state index contributed by atoms with van der Waals surface area (Å²) in [5.41, 5.74) is -1.16. The standard InChI is InChI=1S/C8H5BrClF3O2S/c9-4-16(14,15)5-1-2-7(10)6(3-5)8(11,12)13/h1-3H,4H2. The van der Waals surface area contributed by atoms with Crippen LogP contribution in [0.1, 0.15) is 5.56 Å². The minimum atomic E-state index is -4.67. The lowest BCUT2D eigenvalue weighted by molar-refractivity contribution is -0.137. The van der Waals surface area contributed by atoms with Gasteiger partial charge in [-0.15, -0.1) is 0 Å². The van der Waals surface area contributed by atoms with Crippen molar-refractivity contribution in [3.8, 4) is 0 Å². The second kappa shape index (κ2) is 4.54. The molecule has 0 N–H and O–H groups in total. The molecule has 0 spiro atoms. The molecule has 0 atom stereocenters. The molecule has 0 bridgehead atoms. The lowest BCUT2D eigenvalue weighted by Crippen LogP contribution is -2.09. The molecular weight excluding hydrogens is 333 g/mol. The third-order valence-electron chi connectivity index (χ3n) is 1.75. The molecule has 0 unspecified atom stereocenters. The van der Waals surface area contributed by atoms with Gasteiger partial charge in [0.15, 0.2) is 9.84 Å². The molecular formula is C8H5BrClF3O2S. The molecule has 0 aliphatic rings. The van der Waals surface area contributed by atoms with Gasteiger partial charge in [-0.3, -0.25) is 0 Å². The van der Waals surface area contributed by atoms with Crippen LogP contribution in [0.15, 0.2) is 23.1 Å². The normalized spacial score (nSPS) is 12.8. The zero-order valence-electron chi connectivity index (χ0n) is 7.55. The largest absolute Gasteiger partial charge is 0.417 e. The van der Waals surface area contributed by atoms with E-state index < -0.39 is 36.2 Å². The average Bonchev–Trinajstić information content (AvgIpc) is 2.16. The van der Waals surface area contributed by atoms with Gasteiger partial charge < -0.3 is 0 Å². The number of halogens is 5. The van der Waals surface area contributed by atoms with Crippen LogP contribution in [0.5, 0.6) is 0 Å². The summed E-state index contributed by atoms with van der Waals surface area (Å²) < 4.78 is 59.5. The van der Waals surface area contributed by atoms with Gasteiger partial charge in [0.1, 0.15) is 4.66 Å². The Kier molecular flexibility index (Phi) is 3.91. The summed E-state index contributed by atoms with van der Waals surface area (Å²) >= 11 is 8.05. The molecule has 0 heterocycles. The van der Waals surface area contributed by atoms with Crippen LogP contribution in [0, 0.1) is 0 Å². The highest BCUT2D eigenvalue weighted by Gasteiger charge is 2.34. The highest BCUT2D eigenvalue weighted by atomic mass is 79.9. The van der Waals surface area contributed by atoms with Gasteiger partial charge in [-0.2, -0.15) is 13.2 Å². The Bertz CT molecular complexity index is 498. The molecule has 16 heavy (non-hydrogen) atoms. The monoisotopic (exact) mass is 336 g/mol. The highest BCUT2D eigenvalue weighted by molar-refractivity contribution is 9.10. The van der Waals surface area contributed by atoms with E-state index in [0.29, 0.717) is 6.07 Å². The molecule has 1 aromatic carbocycles. The quantitative estimate of drug-likeness (QED) is 0.774. The zero-order valence-corrected chi connectivity index (χ0v) is 10.7. The van der Waals surface area contributed by atoms with Gasteiger partial charge in [-0.25, -0.2) is 8.42 Å². The molecule has 1 rings (SSSR count). The van der Waals surface area contributed by atoms with Crippen LogP contribution >= 0.6 is 27.5 Å². The Hall–Kier alpha value is -0.270. The first-order valence-corrected chi connectivity index (χ1v) is 6.99. The Balaban J connectivity index is 3.40. The average molecular weight is 338 g/mol. The molecule has 0 aliphatic heterocycles. The van der Waals surface area contributed by atoms with Crippen molar-refractivity contribution in [1.29, 1.82) is 0 Å². The van der Waals surface area contributed by atoms with Crippen molar-refractivity contribution in [2.24, 2.45) is 0 Å². The number of hydrogen-bond acceptors (Lipinski definition) is 2. The minimum Gasteiger partial charge on any atom is -0.223 e. The van der Waals surface area contributed by atoms with Gasteiger partial charge in [0.05, 0.1) is 15.5 Å². The SMILES string of the molecule is O=S(=O)(CBr)c1ccc(Cl)c(C(F)(F)F)c1. The second-order valence-electron chi connectivity index (χ2n) is 2.86. The van der Waals surface area contributed by atoms with Crippen LogP contribution in [-0.2, 0) is 16.0 Å². The van der Waals surface area contributed by atoms with Crippen molar-refractivity contribution in [3.63, 3.8) is 0 Å². The fourth-order valence-electron chi connectivity index (χ4n) is 0.978. The molecule has 0 saturated carbocycles. The summed E-state index contributed by atoms with van der Waals surface area (Å²) in [6.45, 7) is 0. The van der Waals surface area contributed by atoms with Gasteiger partial charge >= 0.3 is 6.18 Å². The van der Waals surface area contributed by atoms with Crippen LogP contribution < -0.4 is 0 Å².